The van der Waals surface area contributed by atoms with Crippen LogP contribution in [0.2, 0.25) is 43.8 Å². The van der Waals surface area contributed by atoms with E-state index >= 15 is 0 Å². The minimum Gasteiger partial charge on any atom is -0.461 e. The molecule has 1 fully saturated rings. The van der Waals surface area contributed by atoms with Crippen LogP contribution in [0.1, 0.15) is 88.5 Å². The van der Waals surface area contributed by atoms with Crippen molar-refractivity contribution in [3.63, 3.8) is 0 Å². The molecule has 0 aromatic carbocycles. The molecule has 1 aliphatic carbocycles. The Morgan fingerprint density at radius 1 is 1.14 bits per heavy atom. The molecule has 0 bridgehead atoms. The van der Waals surface area contributed by atoms with Crippen LogP contribution in [-0.2, 0) is 32.9 Å². The molecule has 282 valence electrons. The number of allylic oxidation sites excluding steroid dienone is 1. The smallest absolute Gasteiger partial charge is 0.461 e. The average Bonchev–Trinajstić information content (AvgIpc) is 3.27. The number of carbonyl (C=O) groups is 2. The fraction of sp³-hybridized carbons (Fsp3) is 0.811. The molecule has 1 spiro atoms. The monoisotopic (exact) mass is 725 g/mol. The molecular formula is C37H67NO9Si2. The van der Waals surface area contributed by atoms with Gasteiger partial charge in [-0.2, -0.15) is 0 Å². The average molecular weight is 726 g/mol. The zero-order chi connectivity index (χ0) is 37.8. The van der Waals surface area contributed by atoms with Crippen molar-refractivity contribution in [1.29, 1.82) is 0 Å². The second-order valence-corrected chi connectivity index (χ2v) is 28.7. The standard InChI is InChI=1S/C37H67NO9Si2/c1-25(2)29(30(44-24-42-21-22-48(12,13)14)28(18-20-38-41)47-49(15,16)35(7,8)9)31-37(46-33(40)45-31)19-17-26(3)27(36(37,10)11)23-43-32(39)34(4,5)6/h20,28-31,41H,1,17-19,21-24H2,2-16H3/b38-20+/t28-,29-,30-,31-,37+/m0/s1. The van der Waals surface area contributed by atoms with Gasteiger partial charge in [0.25, 0.3) is 0 Å². The SMILES string of the molecule is C=C(C)[C@@H]([C@@H](OCOCC[Si](C)(C)C)[C@H](C/C=N/O)O[Si](C)(C)C(C)(C)C)[C@@H]1OC(=O)O[C@]12CCC(C)=C(COC(=O)C(C)(C)C)C2(C)C. The molecule has 12 heteroatoms. The second kappa shape index (κ2) is 16.1. The first-order valence-electron chi connectivity index (χ1n) is 17.7. The molecule has 0 unspecified atom stereocenters. The van der Waals surface area contributed by atoms with Crippen molar-refractivity contribution in [1.82, 2.24) is 0 Å². The van der Waals surface area contributed by atoms with Crippen LogP contribution in [0.15, 0.2) is 28.5 Å². The lowest BCUT2D eigenvalue weighted by Gasteiger charge is -2.52. The van der Waals surface area contributed by atoms with Crippen LogP contribution < -0.4 is 0 Å². The van der Waals surface area contributed by atoms with Gasteiger partial charge >= 0.3 is 12.1 Å². The van der Waals surface area contributed by atoms with E-state index in [9.17, 15) is 14.8 Å². The second-order valence-electron chi connectivity index (χ2n) is 18.3. The van der Waals surface area contributed by atoms with Crippen molar-refractivity contribution in [2.24, 2.45) is 21.9 Å². The molecule has 1 N–H and O–H groups in total. The number of carbonyl (C=O) groups excluding carboxylic acids is 2. The zero-order valence-corrected chi connectivity index (χ0v) is 35.2. The maximum atomic E-state index is 13.3. The quantitative estimate of drug-likeness (QED) is 0.0243. The number of ether oxygens (including phenoxy) is 5. The van der Waals surface area contributed by atoms with Gasteiger partial charge in [-0.15, -0.1) is 5.16 Å². The Labute approximate surface area is 298 Å². The first kappa shape index (κ1) is 43.2. The van der Waals surface area contributed by atoms with E-state index < -0.39 is 63.2 Å². The van der Waals surface area contributed by atoms with Crippen molar-refractivity contribution >= 4 is 34.7 Å². The molecule has 5 atom stereocenters. The summed E-state index contributed by atoms with van der Waals surface area (Å²) in [5.74, 6) is -0.900. The number of nitrogens with zero attached hydrogens (tertiary/aromatic N) is 1. The summed E-state index contributed by atoms with van der Waals surface area (Å²) in [4.78, 5) is 26.2. The summed E-state index contributed by atoms with van der Waals surface area (Å²) in [7, 11) is -3.75. The lowest BCUT2D eigenvalue weighted by Crippen LogP contribution is -2.61. The summed E-state index contributed by atoms with van der Waals surface area (Å²) in [5.41, 5.74) is 0.117. The van der Waals surface area contributed by atoms with E-state index in [4.69, 9.17) is 28.1 Å². The molecular weight excluding hydrogens is 659 g/mol. The molecule has 0 aromatic heterocycles. The third kappa shape index (κ3) is 10.5. The van der Waals surface area contributed by atoms with Crippen molar-refractivity contribution in [2.75, 3.05) is 20.0 Å². The van der Waals surface area contributed by atoms with Gasteiger partial charge in [0.2, 0.25) is 0 Å². The Morgan fingerprint density at radius 2 is 1.76 bits per heavy atom. The number of hydrogen-bond donors (Lipinski definition) is 1. The lowest BCUT2D eigenvalue weighted by molar-refractivity contribution is -0.163. The largest absolute Gasteiger partial charge is 0.509 e. The molecule has 49 heavy (non-hydrogen) atoms. The fourth-order valence-corrected chi connectivity index (χ4v) is 8.52. The summed E-state index contributed by atoms with van der Waals surface area (Å²) in [5, 5.41) is 12.7. The normalized spacial score (nSPS) is 23.7. The number of oxime groups is 1. The number of hydrogen-bond acceptors (Lipinski definition) is 10. The Morgan fingerprint density at radius 3 is 2.27 bits per heavy atom. The molecule has 1 aliphatic heterocycles. The predicted octanol–water partition coefficient (Wildman–Crippen LogP) is 9.12. The maximum Gasteiger partial charge on any atom is 0.509 e. The van der Waals surface area contributed by atoms with E-state index in [0.717, 1.165) is 22.8 Å². The molecule has 0 radical (unpaired) electrons. The number of rotatable bonds is 16. The van der Waals surface area contributed by atoms with E-state index in [1.54, 1.807) is 0 Å². The first-order chi connectivity index (χ1) is 22.2. The Hall–Kier alpha value is -2.00. The topological polar surface area (TPSA) is 122 Å². The van der Waals surface area contributed by atoms with E-state index in [0.29, 0.717) is 19.4 Å². The summed E-state index contributed by atoms with van der Waals surface area (Å²) in [6.07, 6.45) is -0.110. The van der Waals surface area contributed by atoms with E-state index in [2.05, 4.69) is 65.2 Å². The number of esters is 1. The van der Waals surface area contributed by atoms with E-state index in [-0.39, 0.29) is 30.8 Å². The van der Waals surface area contributed by atoms with Gasteiger partial charge in [0, 0.05) is 38.6 Å². The molecule has 0 saturated carbocycles. The van der Waals surface area contributed by atoms with Crippen LogP contribution >= 0.6 is 0 Å². The van der Waals surface area contributed by atoms with Gasteiger partial charge < -0.3 is 33.3 Å². The van der Waals surface area contributed by atoms with Crippen molar-refractivity contribution in [3.05, 3.63) is 23.3 Å². The molecule has 1 saturated heterocycles. The van der Waals surface area contributed by atoms with Gasteiger partial charge in [0.05, 0.1) is 17.6 Å². The van der Waals surface area contributed by atoms with Crippen molar-refractivity contribution in [3.8, 4) is 0 Å². The van der Waals surface area contributed by atoms with Crippen LogP contribution in [0.25, 0.3) is 0 Å². The Balaban J connectivity index is 2.69. The van der Waals surface area contributed by atoms with E-state index in [1.807, 2.05) is 48.5 Å². The summed E-state index contributed by atoms with van der Waals surface area (Å²) < 4.78 is 38.1. The molecule has 10 nitrogen and oxygen atoms in total. The van der Waals surface area contributed by atoms with Gasteiger partial charge in [0.15, 0.2) is 20.0 Å². The van der Waals surface area contributed by atoms with Gasteiger partial charge in [-0.3, -0.25) is 4.79 Å². The van der Waals surface area contributed by atoms with Gasteiger partial charge in [-0.1, -0.05) is 72.0 Å². The Bertz CT molecular complexity index is 1240. The fourth-order valence-electron chi connectivity index (χ4n) is 6.43. The van der Waals surface area contributed by atoms with Crippen LogP contribution in [-0.4, -0.2) is 83.9 Å². The third-order valence-electron chi connectivity index (χ3n) is 10.7. The third-order valence-corrected chi connectivity index (χ3v) is 16.9. The maximum absolute atomic E-state index is 13.3. The van der Waals surface area contributed by atoms with Crippen LogP contribution in [0, 0.1) is 16.7 Å². The lowest BCUT2D eigenvalue weighted by atomic mass is 9.58. The van der Waals surface area contributed by atoms with Crippen molar-refractivity contribution < 1.29 is 42.9 Å². The molecule has 1 heterocycles. The predicted molar refractivity (Wildman–Crippen MR) is 199 cm³/mol. The minimum absolute atomic E-state index is 0.00249. The highest BCUT2D eigenvalue weighted by molar-refractivity contribution is 6.76. The molecule has 2 rings (SSSR count). The Kier molecular flexibility index (Phi) is 14.2. The van der Waals surface area contributed by atoms with Gasteiger partial charge in [0.1, 0.15) is 13.4 Å². The minimum atomic E-state index is -2.41. The zero-order valence-electron chi connectivity index (χ0n) is 33.2. The number of cyclic esters (lactones) is 1. The van der Waals surface area contributed by atoms with Gasteiger partial charge in [-0.25, -0.2) is 4.79 Å². The first-order valence-corrected chi connectivity index (χ1v) is 24.3. The van der Waals surface area contributed by atoms with Gasteiger partial charge in [-0.05, 0) is 77.2 Å². The van der Waals surface area contributed by atoms with Crippen LogP contribution in [0.5, 0.6) is 0 Å². The highest BCUT2D eigenvalue weighted by Gasteiger charge is 2.66. The highest BCUT2D eigenvalue weighted by atomic mass is 28.4. The van der Waals surface area contributed by atoms with Crippen LogP contribution in [0.3, 0.4) is 0 Å². The van der Waals surface area contributed by atoms with Crippen LogP contribution in [0.4, 0.5) is 4.79 Å². The summed E-state index contributed by atoms with van der Waals surface area (Å²) in [6.45, 7) is 36.2. The molecule has 0 amide bonds. The highest BCUT2D eigenvalue weighted by Crippen LogP contribution is 2.57. The summed E-state index contributed by atoms with van der Waals surface area (Å²) >= 11 is 0. The summed E-state index contributed by atoms with van der Waals surface area (Å²) in [6, 6.07) is 0.978. The molecule has 0 aromatic rings. The molecule has 2 aliphatic rings. The van der Waals surface area contributed by atoms with E-state index in [1.165, 1.54) is 6.21 Å². The van der Waals surface area contributed by atoms with Crippen molar-refractivity contribution in [2.45, 2.75) is 156 Å².